The number of anilines is 1. The molecule has 0 bridgehead atoms. The highest BCUT2D eigenvalue weighted by Gasteiger charge is 2.50. The average Bonchev–Trinajstić information content (AvgIpc) is 2.97. The molecule has 0 unspecified atom stereocenters. The van der Waals surface area contributed by atoms with Crippen LogP contribution in [0.3, 0.4) is 0 Å². The highest BCUT2D eigenvalue weighted by atomic mass is 79.9. The Labute approximate surface area is 149 Å². The second-order valence-electron chi connectivity index (χ2n) is 5.26. The first kappa shape index (κ1) is 16.4. The fourth-order valence-corrected chi connectivity index (χ4v) is 3.37. The van der Waals surface area contributed by atoms with Crippen LogP contribution in [0.4, 0.5) is 5.69 Å². The van der Waals surface area contributed by atoms with E-state index in [1.165, 1.54) is 11.0 Å². The van der Waals surface area contributed by atoms with Crippen LogP contribution in [0, 0.1) is 0 Å². The van der Waals surface area contributed by atoms with Gasteiger partial charge in [-0.1, -0.05) is 18.2 Å². The molecule has 23 heavy (non-hydrogen) atoms. The van der Waals surface area contributed by atoms with Crippen LogP contribution in [0.2, 0.25) is 0 Å². The minimum atomic E-state index is -1.87. The molecular weight excluding hydrogens is 430 g/mol. The largest absolute Gasteiger partial charge is 0.445 e. The Morgan fingerprint density at radius 1 is 1.35 bits per heavy atom. The molecule has 5 nitrogen and oxygen atoms in total. The third-order valence-electron chi connectivity index (χ3n) is 3.89. The number of benzene rings is 1. The normalized spacial score (nSPS) is 20.0. The minimum absolute atomic E-state index is 0.0809. The molecule has 0 saturated heterocycles. The molecule has 7 heteroatoms. The monoisotopic (exact) mass is 441 g/mol. The van der Waals surface area contributed by atoms with Crippen molar-refractivity contribution in [2.75, 3.05) is 11.4 Å². The molecule has 120 valence electrons. The first-order valence-corrected chi connectivity index (χ1v) is 8.59. The molecule has 2 heterocycles. The maximum atomic E-state index is 12.6. The number of Topliss-reactive ketones (excluding diaryl/α,β-unsaturated/α-hetero) is 1. The van der Waals surface area contributed by atoms with Crippen LogP contribution in [0.15, 0.2) is 43.9 Å². The van der Waals surface area contributed by atoms with Crippen molar-refractivity contribution in [2.45, 2.75) is 18.9 Å². The van der Waals surface area contributed by atoms with Gasteiger partial charge < -0.3 is 14.4 Å². The zero-order valence-corrected chi connectivity index (χ0v) is 15.3. The van der Waals surface area contributed by atoms with E-state index in [2.05, 4.69) is 31.9 Å². The Morgan fingerprint density at radius 2 is 2.04 bits per heavy atom. The summed E-state index contributed by atoms with van der Waals surface area (Å²) in [6, 6.07) is 8.48. The Balaban J connectivity index is 1.98. The van der Waals surface area contributed by atoms with E-state index in [0.717, 1.165) is 0 Å². The minimum Gasteiger partial charge on any atom is -0.445 e. The van der Waals surface area contributed by atoms with Gasteiger partial charge in [-0.25, -0.2) is 0 Å². The van der Waals surface area contributed by atoms with Crippen molar-refractivity contribution in [1.29, 1.82) is 0 Å². The van der Waals surface area contributed by atoms with Crippen molar-refractivity contribution in [3.8, 4) is 0 Å². The molecule has 1 aliphatic heterocycles. The predicted molar refractivity (Wildman–Crippen MR) is 91.4 cm³/mol. The highest BCUT2D eigenvalue weighted by molar-refractivity contribution is 9.13. The lowest BCUT2D eigenvalue weighted by Crippen LogP contribution is -2.41. The molecule has 1 aliphatic rings. The first-order chi connectivity index (χ1) is 10.9. The second kappa shape index (κ2) is 5.89. The van der Waals surface area contributed by atoms with Crippen molar-refractivity contribution in [3.63, 3.8) is 0 Å². The Bertz CT molecular complexity index is 782. The number of aliphatic hydroxyl groups is 1. The predicted octanol–water partition coefficient (Wildman–Crippen LogP) is 3.63. The number of para-hydroxylation sites is 1. The lowest BCUT2D eigenvalue weighted by molar-refractivity contribution is -0.135. The van der Waals surface area contributed by atoms with Crippen molar-refractivity contribution in [1.82, 2.24) is 0 Å². The van der Waals surface area contributed by atoms with Crippen LogP contribution in [0.25, 0.3) is 0 Å². The smallest absolute Gasteiger partial charge is 0.264 e. The lowest BCUT2D eigenvalue weighted by atomic mass is 9.89. The number of carbonyl (C=O) groups excluding carboxylic acids is 2. The van der Waals surface area contributed by atoms with Crippen molar-refractivity contribution >= 4 is 49.2 Å². The summed E-state index contributed by atoms with van der Waals surface area (Å²) in [5.41, 5.74) is -0.780. The molecular formula is C16H13Br2NO4. The van der Waals surface area contributed by atoms with Gasteiger partial charge in [0.1, 0.15) is 0 Å². The number of furan rings is 1. The Kier molecular flexibility index (Phi) is 4.20. The maximum Gasteiger partial charge on any atom is 0.264 e. The summed E-state index contributed by atoms with van der Waals surface area (Å²) < 4.78 is 6.28. The molecule has 1 atom stereocenters. The van der Waals surface area contributed by atoms with Gasteiger partial charge in [0.05, 0.1) is 16.6 Å². The molecule has 1 amide bonds. The van der Waals surface area contributed by atoms with Gasteiger partial charge in [-0.3, -0.25) is 9.59 Å². The summed E-state index contributed by atoms with van der Waals surface area (Å²) in [5.74, 6) is -0.850. The van der Waals surface area contributed by atoms with Crippen LogP contribution in [-0.2, 0) is 10.4 Å². The van der Waals surface area contributed by atoms with E-state index in [-0.39, 0.29) is 12.2 Å². The number of rotatable bonds is 4. The molecule has 3 rings (SSSR count). The zero-order valence-electron chi connectivity index (χ0n) is 12.2. The van der Waals surface area contributed by atoms with Gasteiger partial charge in [0.25, 0.3) is 5.91 Å². The third-order valence-corrected chi connectivity index (χ3v) is 5.60. The van der Waals surface area contributed by atoms with Gasteiger partial charge in [-0.15, -0.1) is 0 Å². The quantitative estimate of drug-likeness (QED) is 0.734. The maximum absolute atomic E-state index is 12.6. The number of ketones is 1. The zero-order chi connectivity index (χ0) is 16.8. The molecule has 0 spiro atoms. The van der Waals surface area contributed by atoms with E-state index in [9.17, 15) is 14.7 Å². The number of halogens is 2. The molecule has 2 aromatic rings. The second-order valence-corrected chi connectivity index (χ2v) is 6.83. The fraction of sp³-hybridized carbons (Fsp3) is 0.250. The molecule has 0 fully saturated rings. The SMILES string of the molecule is CCN1C(=O)[C@@](O)(CC(=O)c2cc(Br)c(Br)o2)c2ccccc21. The van der Waals surface area contributed by atoms with Crippen molar-refractivity contribution in [3.05, 3.63) is 50.8 Å². The summed E-state index contributed by atoms with van der Waals surface area (Å²) >= 11 is 6.40. The number of carbonyl (C=O) groups is 2. The average molecular weight is 443 g/mol. The number of hydrogen-bond donors (Lipinski definition) is 1. The van der Waals surface area contributed by atoms with Crippen LogP contribution in [0.1, 0.15) is 29.5 Å². The van der Waals surface area contributed by atoms with Crippen LogP contribution in [-0.4, -0.2) is 23.3 Å². The number of hydrogen-bond acceptors (Lipinski definition) is 4. The van der Waals surface area contributed by atoms with E-state index >= 15 is 0 Å². The molecule has 0 aliphatic carbocycles. The number of nitrogens with zero attached hydrogens (tertiary/aromatic N) is 1. The van der Waals surface area contributed by atoms with Gasteiger partial charge in [-0.2, -0.15) is 0 Å². The summed E-state index contributed by atoms with van der Waals surface area (Å²) in [6.45, 7) is 2.24. The molecule has 1 aromatic heterocycles. The van der Waals surface area contributed by atoms with Gasteiger partial charge in [0.15, 0.2) is 16.0 Å². The van der Waals surface area contributed by atoms with E-state index in [4.69, 9.17) is 4.42 Å². The standard InChI is InChI=1S/C16H13Br2NO4/c1-2-19-11-6-4-3-5-9(11)16(22,15(19)21)8-12(20)13-7-10(17)14(18)23-13/h3-7,22H,2,8H2,1H3/t16-/m1/s1. The molecule has 0 radical (unpaired) electrons. The number of fused-ring (bicyclic) bond motifs is 1. The van der Waals surface area contributed by atoms with Crippen LogP contribution >= 0.6 is 31.9 Å². The van der Waals surface area contributed by atoms with Gasteiger partial charge in [0.2, 0.25) is 5.78 Å². The summed E-state index contributed by atoms with van der Waals surface area (Å²) in [6.07, 6.45) is -0.369. The van der Waals surface area contributed by atoms with Gasteiger partial charge in [0, 0.05) is 18.2 Å². The van der Waals surface area contributed by atoms with E-state index in [1.807, 2.05) is 6.92 Å². The third kappa shape index (κ3) is 2.56. The topological polar surface area (TPSA) is 70.8 Å². The molecule has 1 N–H and O–H groups in total. The molecule has 0 saturated carbocycles. The Hall–Kier alpha value is -1.44. The van der Waals surface area contributed by atoms with Crippen molar-refractivity contribution in [2.24, 2.45) is 0 Å². The number of amides is 1. The van der Waals surface area contributed by atoms with Crippen LogP contribution < -0.4 is 4.90 Å². The van der Waals surface area contributed by atoms with Gasteiger partial charge in [-0.05, 0) is 44.8 Å². The lowest BCUT2D eigenvalue weighted by Gasteiger charge is -2.21. The van der Waals surface area contributed by atoms with E-state index in [0.29, 0.717) is 26.9 Å². The van der Waals surface area contributed by atoms with Crippen LogP contribution in [0.5, 0.6) is 0 Å². The highest BCUT2D eigenvalue weighted by Crippen LogP contribution is 2.43. The van der Waals surface area contributed by atoms with Gasteiger partial charge >= 0.3 is 0 Å². The number of likely N-dealkylation sites (N-methyl/N-ethyl adjacent to an activating group) is 1. The van der Waals surface area contributed by atoms with E-state index in [1.54, 1.807) is 24.3 Å². The summed E-state index contributed by atoms with van der Waals surface area (Å²) in [5, 5.41) is 10.9. The Morgan fingerprint density at radius 3 is 2.65 bits per heavy atom. The fourth-order valence-electron chi connectivity index (χ4n) is 2.79. The van der Waals surface area contributed by atoms with E-state index < -0.39 is 17.3 Å². The molecule has 1 aromatic carbocycles. The summed E-state index contributed by atoms with van der Waals surface area (Å²) in [7, 11) is 0. The van der Waals surface area contributed by atoms with Crippen molar-refractivity contribution < 1.29 is 19.1 Å². The summed E-state index contributed by atoms with van der Waals surface area (Å²) in [4.78, 5) is 26.6. The first-order valence-electron chi connectivity index (χ1n) is 7.00.